The number of ether oxygens (including phenoxy) is 1. The number of aliphatic carboxylic acids is 1. The summed E-state index contributed by atoms with van der Waals surface area (Å²) in [6.07, 6.45) is 10.3. The molecule has 0 aliphatic carbocycles. The van der Waals surface area contributed by atoms with Crippen LogP contribution in [0.5, 0.6) is 5.75 Å². The van der Waals surface area contributed by atoms with Crippen LogP contribution in [0.3, 0.4) is 0 Å². The van der Waals surface area contributed by atoms with E-state index in [2.05, 4.69) is 4.98 Å². The van der Waals surface area contributed by atoms with Crippen LogP contribution >= 0.6 is 11.2 Å². The number of aromatic nitrogens is 2. The quantitative estimate of drug-likeness (QED) is 0.508. The third kappa shape index (κ3) is 3.46. The standard InChI is InChI=1S/C23H17F2N3O3S/c24-32(25)27-17(6-3-16-4-10-20(11-5-16)31-15-23(29)30)7-8-18(27)14-19-9-12-22(28(19)32)21-2-1-13-26-21/h1-14H,15H2,(H,29,30)/p+1. The summed E-state index contributed by atoms with van der Waals surface area (Å²) in [5, 5.41) is 8.67. The van der Waals surface area contributed by atoms with E-state index in [1.54, 1.807) is 85.1 Å². The Morgan fingerprint density at radius 3 is 2.66 bits per heavy atom. The van der Waals surface area contributed by atoms with Crippen LogP contribution < -0.4 is 4.74 Å². The molecule has 2 aliphatic heterocycles. The fraction of sp³-hybridized carbons (Fsp3) is 0.0435. The van der Waals surface area contributed by atoms with Gasteiger partial charge < -0.3 is 14.8 Å². The first-order valence-electron chi connectivity index (χ1n) is 9.72. The third-order valence-corrected chi connectivity index (χ3v) is 6.76. The average Bonchev–Trinajstić information content (AvgIpc) is 3.51. The highest BCUT2D eigenvalue weighted by Gasteiger charge is 2.50. The number of fused-ring (bicyclic) bond motifs is 2. The minimum atomic E-state index is -4.37. The molecular formula is C23H18F2N3O3S+. The molecule has 6 nitrogen and oxygen atoms in total. The van der Waals surface area contributed by atoms with Crippen LogP contribution in [-0.4, -0.2) is 36.3 Å². The Labute approximate surface area is 184 Å². The Morgan fingerprint density at radius 1 is 1.12 bits per heavy atom. The normalized spacial score (nSPS) is 17.2. The van der Waals surface area contributed by atoms with Gasteiger partial charge in [-0.2, -0.15) is 0 Å². The summed E-state index contributed by atoms with van der Waals surface area (Å²) >= 11 is -4.37. The van der Waals surface area contributed by atoms with Crippen LogP contribution in [0, 0.1) is 0 Å². The molecule has 0 spiro atoms. The van der Waals surface area contributed by atoms with Gasteiger partial charge in [-0.15, -0.1) is 0 Å². The van der Waals surface area contributed by atoms with Crippen molar-refractivity contribution >= 4 is 41.1 Å². The molecule has 0 fully saturated rings. The predicted molar refractivity (Wildman–Crippen MR) is 120 cm³/mol. The number of carboxylic acid groups (broad SMARTS) is 1. The molecule has 0 unspecified atom stereocenters. The summed E-state index contributed by atoms with van der Waals surface area (Å²) < 4.78 is 38.9. The van der Waals surface area contributed by atoms with E-state index in [0.29, 0.717) is 34.2 Å². The number of benzene rings is 1. The lowest BCUT2D eigenvalue weighted by molar-refractivity contribution is -0.300. The van der Waals surface area contributed by atoms with Crippen LogP contribution in [0.2, 0.25) is 0 Å². The second-order valence-corrected chi connectivity index (χ2v) is 8.71. The molecule has 2 aromatic heterocycles. The summed E-state index contributed by atoms with van der Waals surface area (Å²) in [6, 6.07) is 13.7. The van der Waals surface area contributed by atoms with Crippen molar-refractivity contribution in [2.75, 3.05) is 6.61 Å². The van der Waals surface area contributed by atoms with Crippen LogP contribution in [0.25, 0.3) is 18.2 Å². The van der Waals surface area contributed by atoms with Crippen molar-refractivity contribution in [3.05, 3.63) is 95.2 Å². The molecule has 32 heavy (non-hydrogen) atoms. The first kappa shape index (κ1) is 20.1. The molecule has 0 radical (unpaired) electrons. The summed E-state index contributed by atoms with van der Waals surface area (Å²) in [5.74, 6) is -0.635. The van der Waals surface area contributed by atoms with Gasteiger partial charge in [0.15, 0.2) is 6.61 Å². The SMILES string of the molecule is O=C(O)COc1ccc(C=Cc2ccc3n2S(F)(F)[N+]2=C(c4ccc[nH]4)C=CC2=C3)cc1. The fourth-order valence-electron chi connectivity index (χ4n) is 3.65. The van der Waals surface area contributed by atoms with Crippen molar-refractivity contribution in [3.8, 4) is 5.75 Å². The molecule has 9 heteroatoms. The zero-order valence-corrected chi connectivity index (χ0v) is 17.4. The molecule has 2 N–H and O–H groups in total. The van der Waals surface area contributed by atoms with Crippen molar-refractivity contribution in [2.45, 2.75) is 0 Å². The van der Waals surface area contributed by atoms with Crippen molar-refractivity contribution in [1.29, 1.82) is 0 Å². The molecule has 162 valence electrons. The van der Waals surface area contributed by atoms with Gasteiger partial charge in [0.25, 0.3) is 0 Å². The average molecular weight is 454 g/mol. The summed E-state index contributed by atoms with van der Waals surface area (Å²) in [4.78, 5) is 13.6. The van der Waals surface area contributed by atoms with Gasteiger partial charge in [0.05, 0.1) is 11.4 Å². The van der Waals surface area contributed by atoms with Gasteiger partial charge in [0, 0.05) is 24.4 Å². The van der Waals surface area contributed by atoms with Crippen LogP contribution in [-0.2, 0) is 4.79 Å². The molecule has 0 bridgehead atoms. The van der Waals surface area contributed by atoms with Crippen molar-refractivity contribution in [1.82, 2.24) is 8.96 Å². The minimum Gasteiger partial charge on any atom is -0.482 e. The Kier molecular flexibility index (Phi) is 4.82. The number of allylic oxidation sites excluding steroid dienone is 2. The van der Waals surface area contributed by atoms with Gasteiger partial charge >= 0.3 is 17.1 Å². The molecular weight excluding hydrogens is 436 g/mol. The van der Waals surface area contributed by atoms with Crippen LogP contribution in [0.1, 0.15) is 22.6 Å². The molecule has 2 aliphatic rings. The maximum Gasteiger partial charge on any atom is 0.388 e. The number of carbonyl (C=O) groups is 1. The predicted octanol–water partition coefficient (Wildman–Crippen LogP) is 5.13. The number of nitrogens with zero attached hydrogens (tertiary/aromatic N) is 2. The van der Waals surface area contributed by atoms with E-state index in [0.717, 1.165) is 13.5 Å². The Bertz CT molecular complexity index is 1320. The summed E-state index contributed by atoms with van der Waals surface area (Å²) in [6.45, 7) is -0.425. The second-order valence-electron chi connectivity index (χ2n) is 7.14. The molecule has 0 amide bonds. The maximum atomic E-state index is 15.8. The van der Waals surface area contributed by atoms with E-state index in [1.165, 1.54) is 0 Å². The zero-order valence-electron chi connectivity index (χ0n) is 16.6. The molecule has 1 aromatic carbocycles. The van der Waals surface area contributed by atoms with Gasteiger partial charge in [0.1, 0.15) is 11.4 Å². The molecule has 3 aromatic rings. The summed E-state index contributed by atoms with van der Waals surface area (Å²) in [5.41, 5.74) is 3.15. The minimum absolute atomic E-state index is 0.388. The highest BCUT2D eigenvalue weighted by atomic mass is 32.3. The number of halogens is 2. The number of hydrogen-bond donors (Lipinski definition) is 2. The van der Waals surface area contributed by atoms with Crippen LogP contribution in [0.15, 0.2) is 72.6 Å². The van der Waals surface area contributed by atoms with Gasteiger partial charge in [-0.1, -0.05) is 30.0 Å². The zero-order chi connectivity index (χ0) is 22.3. The molecule has 0 saturated carbocycles. The van der Waals surface area contributed by atoms with Crippen LogP contribution in [0.4, 0.5) is 7.77 Å². The Hall–Kier alpha value is -3.85. The Balaban J connectivity index is 1.46. The largest absolute Gasteiger partial charge is 0.482 e. The highest BCUT2D eigenvalue weighted by Crippen LogP contribution is 2.60. The Morgan fingerprint density at radius 2 is 1.94 bits per heavy atom. The van der Waals surface area contributed by atoms with Crippen molar-refractivity contribution in [2.24, 2.45) is 0 Å². The number of aromatic amines is 1. The van der Waals surface area contributed by atoms with E-state index >= 15 is 7.77 Å². The van der Waals surface area contributed by atoms with Crippen molar-refractivity contribution < 1.29 is 26.4 Å². The second kappa shape index (κ2) is 7.69. The molecule has 5 rings (SSSR count). The van der Waals surface area contributed by atoms with E-state index in [-0.39, 0.29) is 0 Å². The number of carboxylic acids is 1. The van der Waals surface area contributed by atoms with E-state index in [1.807, 2.05) is 0 Å². The van der Waals surface area contributed by atoms with Gasteiger partial charge in [-0.05, 0) is 48.0 Å². The number of rotatable bonds is 6. The smallest absolute Gasteiger partial charge is 0.388 e. The monoisotopic (exact) mass is 454 g/mol. The maximum absolute atomic E-state index is 15.8. The van der Waals surface area contributed by atoms with Crippen molar-refractivity contribution in [3.63, 3.8) is 0 Å². The van der Waals surface area contributed by atoms with Gasteiger partial charge in [0.2, 0.25) is 11.4 Å². The first-order chi connectivity index (χ1) is 15.4. The molecule has 0 saturated heterocycles. The number of hydrogen-bond acceptors (Lipinski definition) is 2. The van der Waals surface area contributed by atoms with E-state index < -0.39 is 23.7 Å². The van der Waals surface area contributed by atoms with Gasteiger partial charge in [-0.25, -0.2) is 8.77 Å². The third-order valence-electron chi connectivity index (χ3n) is 5.06. The highest BCUT2D eigenvalue weighted by molar-refractivity contribution is 8.18. The lowest BCUT2D eigenvalue weighted by Crippen LogP contribution is -2.24. The van der Waals surface area contributed by atoms with Gasteiger partial charge in [-0.3, -0.25) is 0 Å². The number of H-pyrrole nitrogens is 1. The van der Waals surface area contributed by atoms with E-state index in [4.69, 9.17) is 9.84 Å². The number of nitrogens with one attached hydrogen (secondary N) is 1. The lowest BCUT2D eigenvalue weighted by Gasteiger charge is -2.24. The topological polar surface area (TPSA) is 70.3 Å². The molecule has 0 atom stereocenters. The lowest BCUT2D eigenvalue weighted by atomic mass is 10.2. The summed E-state index contributed by atoms with van der Waals surface area (Å²) in [7, 11) is 0. The molecule has 4 heterocycles. The first-order valence-corrected chi connectivity index (χ1v) is 11.1. The fourth-order valence-corrected chi connectivity index (χ4v) is 5.32. The van der Waals surface area contributed by atoms with E-state index in [9.17, 15) is 4.79 Å².